The predicted octanol–water partition coefficient (Wildman–Crippen LogP) is 0.825. The first-order valence-electron chi connectivity index (χ1n) is 5.66. The normalized spacial score (nSPS) is 9.94. The van der Waals surface area contributed by atoms with Crippen LogP contribution in [0.25, 0.3) is 0 Å². The van der Waals surface area contributed by atoms with Crippen molar-refractivity contribution >= 4 is 11.9 Å². The topological polar surface area (TPSA) is 55.8 Å². The van der Waals surface area contributed by atoms with Crippen molar-refractivity contribution in [3.8, 4) is 0 Å². The molecule has 0 atom stereocenters. The summed E-state index contributed by atoms with van der Waals surface area (Å²) in [5.41, 5.74) is 0. The van der Waals surface area contributed by atoms with Crippen LogP contribution < -0.4 is 0 Å². The summed E-state index contributed by atoms with van der Waals surface area (Å²) in [4.78, 5) is 24.3. The van der Waals surface area contributed by atoms with Gasteiger partial charge in [-0.3, -0.25) is 9.59 Å². The van der Waals surface area contributed by atoms with Gasteiger partial charge in [-0.05, 0) is 20.8 Å². The van der Waals surface area contributed by atoms with Crippen LogP contribution in [-0.2, 0) is 19.1 Å². The molecule has 0 aliphatic carbocycles. The maximum absolute atomic E-state index is 11.6. The van der Waals surface area contributed by atoms with Crippen molar-refractivity contribution in [2.24, 2.45) is 0 Å². The van der Waals surface area contributed by atoms with Crippen molar-refractivity contribution in [2.45, 2.75) is 27.2 Å². The zero-order chi connectivity index (χ0) is 12.4. The lowest BCUT2D eigenvalue weighted by molar-refractivity contribution is -0.149. The number of amides is 1. The number of nitrogens with zero attached hydrogens (tertiary/aromatic N) is 1. The van der Waals surface area contributed by atoms with Gasteiger partial charge in [-0.2, -0.15) is 0 Å². The van der Waals surface area contributed by atoms with E-state index in [1.807, 2.05) is 13.8 Å². The summed E-state index contributed by atoms with van der Waals surface area (Å²) in [5.74, 6) is -0.446. The van der Waals surface area contributed by atoms with Gasteiger partial charge in [0.25, 0.3) is 0 Å². The average Bonchev–Trinajstić information content (AvgIpc) is 2.26. The van der Waals surface area contributed by atoms with E-state index in [-0.39, 0.29) is 18.4 Å². The molecule has 0 heterocycles. The van der Waals surface area contributed by atoms with Gasteiger partial charge in [-0.15, -0.1) is 0 Å². The fourth-order valence-electron chi connectivity index (χ4n) is 1.20. The Bertz CT molecular complexity index is 218. The monoisotopic (exact) mass is 231 g/mol. The Morgan fingerprint density at radius 3 is 2.31 bits per heavy atom. The number of rotatable bonds is 8. The number of esters is 1. The second-order valence-corrected chi connectivity index (χ2v) is 3.16. The van der Waals surface area contributed by atoms with Crippen LogP contribution in [0.15, 0.2) is 0 Å². The van der Waals surface area contributed by atoms with Crippen LogP contribution in [0, 0.1) is 0 Å². The summed E-state index contributed by atoms with van der Waals surface area (Å²) in [5, 5.41) is 0. The maximum atomic E-state index is 11.6. The van der Waals surface area contributed by atoms with Gasteiger partial charge in [-0.25, -0.2) is 0 Å². The second-order valence-electron chi connectivity index (χ2n) is 3.16. The summed E-state index contributed by atoms with van der Waals surface area (Å²) >= 11 is 0. The standard InChI is InChI=1S/C11H21NO4/c1-4-12(9-11(14)16-6-3)10(13)7-8-15-5-2/h4-9H2,1-3H3. The summed E-state index contributed by atoms with van der Waals surface area (Å²) in [6.07, 6.45) is 0.307. The molecule has 0 aromatic carbocycles. The molecule has 0 unspecified atom stereocenters. The van der Waals surface area contributed by atoms with E-state index in [1.54, 1.807) is 6.92 Å². The quantitative estimate of drug-likeness (QED) is 0.458. The highest BCUT2D eigenvalue weighted by atomic mass is 16.5. The van der Waals surface area contributed by atoms with E-state index in [1.165, 1.54) is 4.90 Å². The lowest BCUT2D eigenvalue weighted by Gasteiger charge is -2.19. The molecule has 0 fully saturated rings. The largest absolute Gasteiger partial charge is 0.465 e. The summed E-state index contributed by atoms with van der Waals surface area (Å²) in [6.45, 7) is 7.30. The third-order valence-corrected chi connectivity index (χ3v) is 2.02. The Kier molecular flexibility index (Phi) is 8.52. The number of hydrogen-bond donors (Lipinski definition) is 0. The molecule has 0 spiro atoms. The molecule has 5 nitrogen and oxygen atoms in total. The molecule has 0 aliphatic rings. The Balaban J connectivity index is 3.96. The first kappa shape index (κ1) is 14.9. The van der Waals surface area contributed by atoms with Crippen LogP contribution in [0.3, 0.4) is 0 Å². The molecule has 0 saturated heterocycles. The van der Waals surface area contributed by atoms with Gasteiger partial charge in [0.2, 0.25) is 5.91 Å². The number of carbonyl (C=O) groups excluding carboxylic acids is 2. The Morgan fingerprint density at radius 1 is 1.12 bits per heavy atom. The van der Waals surface area contributed by atoms with Gasteiger partial charge in [0.1, 0.15) is 6.54 Å². The molecule has 0 N–H and O–H groups in total. The van der Waals surface area contributed by atoms with Crippen LogP contribution in [0.4, 0.5) is 0 Å². The second kappa shape index (κ2) is 9.15. The molecule has 5 heteroatoms. The Hall–Kier alpha value is -1.10. The van der Waals surface area contributed by atoms with Gasteiger partial charge in [-0.1, -0.05) is 0 Å². The number of carbonyl (C=O) groups is 2. The maximum Gasteiger partial charge on any atom is 0.325 e. The van der Waals surface area contributed by atoms with E-state index >= 15 is 0 Å². The fourth-order valence-corrected chi connectivity index (χ4v) is 1.20. The highest BCUT2D eigenvalue weighted by Crippen LogP contribution is 1.96. The molecule has 0 aromatic heterocycles. The van der Waals surface area contributed by atoms with Crippen LogP contribution in [-0.4, -0.2) is 49.7 Å². The minimum atomic E-state index is -0.367. The van der Waals surface area contributed by atoms with E-state index in [0.29, 0.717) is 32.8 Å². The number of hydrogen-bond acceptors (Lipinski definition) is 4. The smallest absolute Gasteiger partial charge is 0.325 e. The molecule has 0 rings (SSSR count). The first-order chi connectivity index (χ1) is 7.65. The molecule has 16 heavy (non-hydrogen) atoms. The molecule has 0 aromatic rings. The van der Waals surface area contributed by atoms with Crippen LogP contribution >= 0.6 is 0 Å². The van der Waals surface area contributed by atoms with Crippen molar-refractivity contribution in [3.63, 3.8) is 0 Å². The molecule has 0 bridgehead atoms. The van der Waals surface area contributed by atoms with Crippen LogP contribution in [0.5, 0.6) is 0 Å². The number of ether oxygens (including phenoxy) is 2. The first-order valence-corrected chi connectivity index (χ1v) is 5.66. The zero-order valence-corrected chi connectivity index (χ0v) is 10.3. The van der Waals surface area contributed by atoms with Crippen molar-refractivity contribution in [3.05, 3.63) is 0 Å². The fraction of sp³-hybridized carbons (Fsp3) is 0.818. The van der Waals surface area contributed by atoms with E-state index in [4.69, 9.17) is 9.47 Å². The minimum absolute atomic E-state index is 0.0231. The van der Waals surface area contributed by atoms with Crippen LogP contribution in [0.2, 0.25) is 0 Å². The molecule has 0 saturated carbocycles. The third-order valence-electron chi connectivity index (χ3n) is 2.02. The van der Waals surface area contributed by atoms with Gasteiger partial charge < -0.3 is 14.4 Å². The van der Waals surface area contributed by atoms with Crippen molar-refractivity contribution in [1.82, 2.24) is 4.90 Å². The van der Waals surface area contributed by atoms with E-state index in [0.717, 1.165) is 0 Å². The summed E-state index contributed by atoms with van der Waals surface area (Å²) < 4.78 is 9.87. The lowest BCUT2D eigenvalue weighted by atomic mass is 10.3. The summed E-state index contributed by atoms with van der Waals surface area (Å²) in [7, 11) is 0. The summed E-state index contributed by atoms with van der Waals surface area (Å²) in [6, 6.07) is 0. The predicted molar refractivity (Wildman–Crippen MR) is 60.0 cm³/mol. The van der Waals surface area contributed by atoms with Crippen molar-refractivity contribution in [2.75, 3.05) is 32.9 Å². The van der Waals surface area contributed by atoms with Gasteiger partial charge >= 0.3 is 5.97 Å². The van der Waals surface area contributed by atoms with Gasteiger partial charge in [0.15, 0.2) is 0 Å². The molecular weight excluding hydrogens is 210 g/mol. The van der Waals surface area contributed by atoms with Crippen molar-refractivity contribution < 1.29 is 19.1 Å². The van der Waals surface area contributed by atoms with E-state index in [2.05, 4.69) is 0 Å². The van der Waals surface area contributed by atoms with Gasteiger partial charge in [0.05, 0.1) is 19.6 Å². The van der Waals surface area contributed by atoms with E-state index in [9.17, 15) is 9.59 Å². The van der Waals surface area contributed by atoms with E-state index < -0.39 is 0 Å². The molecular formula is C11H21NO4. The SMILES string of the molecule is CCOCCC(=O)N(CC)CC(=O)OCC. The molecule has 1 amide bonds. The molecule has 94 valence electrons. The molecule has 0 aliphatic heterocycles. The third kappa shape index (κ3) is 6.40. The lowest BCUT2D eigenvalue weighted by Crippen LogP contribution is -2.36. The highest BCUT2D eigenvalue weighted by Gasteiger charge is 2.15. The molecule has 0 radical (unpaired) electrons. The number of likely N-dealkylation sites (N-methyl/N-ethyl adjacent to an activating group) is 1. The van der Waals surface area contributed by atoms with Crippen LogP contribution in [0.1, 0.15) is 27.2 Å². The minimum Gasteiger partial charge on any atom is -0.465 e. The Morgan fingerprint density at radius 2 is 1.81 bits per heavy atom. The van der Waals surface area contributed by atoms with Gasteiger partial charge in [0, 0.05) is 13.2 Å². The zero-order valence-electron chi connectivity index (χ0n) is 10.3. The Labute approximate surface area is 96.7 Å². The highest BCUT2D eigenvalue weighted by molar-refractivity contribution is 5.82. The average molecular weight is 231 g/mol. The van der Waals surface area contributed by atoms with Crippen molar-refractivity contribution in [1.29, 1.82) is 0 Å².